The lowest BCUT2D eigenvalue weighted by molar-refractivity contribution is -0.240. The summed E-state index contributed by atoms with van der Waals surface area (Å²) in [6.45, 7) is 7.10. The van der Waals surface area contributed by atoms with Crippen LogP contribution in [0.4, 0.5) is 0 Å². The fraction of sp³-hybridized carbons (Fsp3) is 0.818. The van der Waals surface area contributed by atoms with Crippen LogP contribution in [0.2, 0.25) is 0 Å². The second kappa shape index (κ2) is 4.04. The van der Waals surface area contributed by atoms with Crippen molar-refractivity contribution >= 4 is 0 Å². The summed E-state index contributed by atoms with van der Waals surface area (Å²) in [4.78, 5) is 0. The Bertz CT molecular complexity index is 400. The zero-order chi connectivity index (χ0) is 11.9. The molecule has 1 N–H and O–H groups in total. The van der Waals surface area contributed by atoms with Gasteiger partial charge >= 0.3 is 0 Å². The van der Waals surface area contributed by atoms with Crippen LogP contribution in [0.1, 0.15) is 31.6 Å². The normalized spacial score (nSPS) is 27.4. The highest BCUT2D eigenvalue weighted by atomic mass is 16.6. The maximum Gasteiger partial charge on any atom is 0.136 e. The van der Waals surface area contributed by atoms with Crippen molar-refractivity contribution < 1.29 is 9.47 Å². The topological polar surface area (TPSA) is 61.2 Å². The van der Waals surface area contributed by atoms with Crippen LogP contribution in [0, 0.1) is 0 Å². The molecule has 1 spiro atoms. The molecule has 1 atom stereocenters. The van der Waals surface area contributed by atoms with Gasteiger partial charge in [-0.05, 0) is 13.8 Å². The largest absolute Gasteiger partial charge is 0.375 e. The molecular weight excluding hydrogens is 220 g/mol. The second-order valence-electron chi connectivity index (χ2n) is 4.99. The molecule has 6 nitrogen and oxygen atoms in total. The molecule has 1 aromatic heterocycles. The molecule has 3 heterocycles. The molecule has 1 aromatic rings. The average molecular weight is 238 g/mol. The van der Waals surface area contributed by atoms with Crippen LogP contribution in [0.3, 0.4) is 0 Å². The van der Waals surface area contributed by atoms with Crippen molar-refractivity contribution in [3.05, 3.63) is 11.9 Å². The molecule has 1 unspecified atom stereocenters. The molecular formula is C11H18N4O2. The predicted octanol–water partition coefficient (Wildman–Crippen LogP) is 0.289. The van der Waals surface area contributed by atoms with Crippen LogP contribution in [-0.2, 0) is 9.47 Å². The van der Waals surface area contributed by atoms with Crippen molar-refractivity contribution in [2.45, 2.75) is 31.5 Å². The molecule has 0 saturated carbocycles. The Hall–Kier alpha value is -0.980. The van der Waals surface area contributed by atoms with Crippen LogP contribution in [0.25, 0.3) is 0 Å². The number of hydrogen-bond acceptors (Lipinski definition) is 5. The molecule has 2 aliphatic heterocycles. The zero-order valence-electron chi connectivity index (χ0n) is 10.2. The summed E-state index contributed by atoms with van der Waals surface area (Å²) >= 11 is 0. The van der Waals surface area contributed by atoms with E-state index in [0.717, 1.165) is 18.8 Å². The van der Waals surface area contributed by atoms with Crippen molar-refractivity contribution in [3.8, 4) is 0 Å². The van der Waals surface area contributed by atoms with Crippen LogP contribution in [0.15, 0.2) is 6.20 Å². The Morgan fingerprint density at radius 2 is 2.35 bits per heavy atom. The first kappa shape index (κ1) is 11.1. The van der Waals surface area contributed by atoms with Gasteiger partial charge in [0.1, 0.15) is 5.60 Å². The van der Waals surface area contributed by atoms with Gasteiger partial charge in [0, 0.05) is 12.6 Å². The summed E-state index contributed by atoms with van der Waals surface area (Å²) in [7, 11) is 0. The van der Waals surface area contributed by atoms with Crippen LogP contribution in [-0.4, -0.2) is 47.0 Å². The average Bonchev–Trinajstić information content (AvgIpc) is 2.75. The smallest absolute Gasteiger partial charge is 0.136 e. The Morgan fingerprint density at radius 1 is 1.53 bits per heavy atom. The van der Waals surface area contributed by atoms with Gasteiger partial charge in [0.05, 0.1) is 37.8 Å². The van der Waals surface area contributed by atoms with E-state index in [4.69, 9.17) is 9.47 Å². The summed E-state index contributed by atoms with van der Waals surface area (Å²) in [6, 6.07) is 0.427. The molecule has 0 amide bonds. The molecule has 0 aromatic carbocycles. The van der Waals surface area contributed by atoms with E-state index in [9.17, 15) is 0 Å². The molecule has 2 aliphatic rings. The van der Waals surface area contributed by atoms with Crippen molar-refractivity contribution in [2.24, 2.45) is 0 Å². The van der Waals surface area contributed by atoms with E-state index in [1.807, 2.05) is 10.9 Å². The SMILES string of the molecule is CC(C)n1nncc1C1NCCOC12COC2. The third-order valence-corrected chi connectivity index (χ3v) is 3.45. The fourth-order valence-electron chi connectivity index (χ4n) is 2.51. The highest BCUT2D eigenvalue weighted by Gasteiger charge is 2.50. The van der Waals surface area contributed by atoms with Crippen molar-refractivity contribution in [1.29, 1.82) is 0 Å². The Kier molecular flexibility index (Phi) is 2.65. The van der Waals surface area contributed by atoms with E-state index < -0.39 is 0 Å². The predicted molar refractivity (Wildman–Crippen MR) is 60.7 cm³/mol. The number of hydrogen-bond donors (Lipinski definition) is 1. The fourth-order valence-corrected chi connectivity index (χ4v) is 2.51. The third kappa shape index (κ3) is 1.67. The molecule has 3 rings (SSSR count). The number of morpholine rings is 1. The van der Waals surface area contributed by atoms with E-state index >= 15 is 0 Å². The van der Waals surface area contributed by atoms with Gasteiger partial charge in [-0.3, -0.25) is 0 Å². The zero-order valence-corrected chi connectivity index (χ0v) is 10.2. The van der Waals surface area contributed by atoms with E-state index in [0.29, 0.717) is 19.3 Å². The minimum Gasteiger partial charge on any atom is -0.375 e. The van der Waals surface area contributed by atoms with Gasteiger partial charge in [-0.2, -0.15) is 0 Å². The van der Waals surface area contributed by atoms with Crippen LogP contribution < -0.4 is 5.32 Å². The van der Waals surface area contributed by atoms with Gasteiger partial charge in [0.2, 0.25) is 0 Å². The van der Waals surface area contributed by atoms with E-state index in [1.54, 1.807) is 0 Å². The maximum atomic E-state index is 5.92. The van der Waals surface area contributed by atoms with E-state index in [2.05, 4.69) is 29.5 Å². The second-order valence-corrected chi connectivity index (χ2v) is 4.99. The molecule has 6 heteroatoms. The lowest BCUT2D eigenvalue weighted by Gasteiger charge is -2.49. The van der Waals surface area contributed by atoms with Gasteiger partial charge in [-0.1, -0.05) is 5.21 Å². The molecule has 2 fully saturated rings. The molecule has 0 radical (unpaired) electrons. The minimum absolute atomic E-state index is 0.127. The van der Waals surface area contributed by atoms with E-state index in [1.165, 1.54) is 0 Å². The summed E-state index contributed by atoms with van der Waals surface area (Å²) < 4.78 is 13.2. The lowest BCUT2D eigenvalue weighted by atomic mass is 9.88. The number of rotatable bonds is 2. The molecule has 94 valence electrons. The number of nitrogens with one attached hydrogen (secondary N) is 1. The Labute approximate surface area is 100 Å². The first-order chi connectivity index (χ1) is 8.23. The van der Waals surface area contributed by atoms with Gasteiger partial charge in [0.15, 0.2) is 0 Å². The monoisotopic (exact) mass is 238 g/mol. The third-order valence-electron chi connectivity index (χ3n) is 3.45. The van der Waals surface area contributed by atoms with Crippen molar-refractivity contribution in [1.82, 2.24) is 20.3 Å². The highest BCUT2D eigenvalue weighted by Crippen LogP contribution is 2.37. The first-order valence-electron chi connectivity index (χ1n) is 6.08. The minimum atomic E-state index is -0.216. The quantitative estimate of drug-likeness (QED) is 0.802. The van der Waals surface area contributed by atoms with Crippen molar-refractivity contribution in [3.63, 3.8) is 0 Å². The van der Waals surface area contributed by atoms with E-state index in [-0.39, 0.29) is 11.6 Å². The highest BCUT2D eigenvalue weighted by molar-refractivity contribution is 5.15. The number of nitrogens with zero attached hydrogens (tertiary/aromatic N) is 3. The summed E-state index contributed by atoms with van der Waals surface area (Å²) in [5, 5.41) is 11.7. The summed E-state index contributed by atoms with van der Waals surface area (Å²) in [5.74, 6) is 0. The summed E-state index contributed by atoms with van der Waals surface area (Å²) in [5.41, 5.74) is 0.870. The Morgan fingerprint density at radius 3 is 3.00 bits per heavy atom. The first-order valence-corrected chi connectivity index (χ1v) is 6.08. The van der Waals surface area contributed by atoms with Gasteiger partial charge in [-0.15, -0.1) is 5.10 Å². The standard InChI is InChI=1S/C11H18N4O2/c1-8(2)15-9(5-13-14-15)10-11(6-16-7-11)17-4-3-12-10/h5,8,10,12H,3-4,6-7H2,1-2H3. The molecule has 17 heavy (non-hydrogen) atoms. The molecule has 2 saturated heterocycles. The maximum absolute atomic E-state index is 5.92. The molecule has 0 aliphatic carbocycles. The van der Waals surface area contributed by atoms with Gasteiger partial charge < -0.3 is 14.8 Å². The lowest BCUT2D eigenvalue weighted by Crippen LogP contribution is -2.63. The molecule has 0 bridgehead atoms. The van der Waals surface area contributed by atoms with Gasteiger partial charge in [0.25, 0.3) is 0 Å². The number of ether oxygens (including phenoxy) is 2. The summed E-state index contributed by atoms with van der Waals surface area (Å²) in [6.07, 6.45) is 1.83. The van der Waals surface area contributed by atoms with Crippen molar-refractivity contribution in [2.75, 3.05) is 26.4 Å². The Balaban J connectivity index is 1.93. The van der Waals surface area contributed by atoms with Crippen LogP contribution >= 0.6 is 0 Å². The van der Waals surface area contributed by atoms with Crippen LogP contribution in [0.5, 0.6) is 0 Å². The number of aromatic nitrogens is 3. The van der Waals surface area contributed by atoms with Gasteiger partial charge in [-0.25, -0.2) is 4.68 Å².